The monoisotopic (exact) mass is 234 g/mol. The Bertz CT molecular complexity index is 400. The Morgan fingerprint density at radius 1 is 1.41 bits per heavy atom. The van der Waals surface area contributed by atoms with Crippen molar-refractivity contribution in [1.29, 1.82) is 0 Å². The number of carbonyl (C=O) groups excluding carboxylic acids is 1. The van der Waals surface area contributed by atoms with E-state index < -0.39 is 5.97 Å². The van der Waals surface area contributed by atoms with Crippen LogP contribution in [0, 0.1) is 0 Å². The molecule has 0 aliphatic rings. The van der Waals surface area contributed by atoms with Gasteiger partial charge in [-0.2, -0.15) is 0 Å². The molecule has 1 N–H and O–H groups in total. The minimum atomic E-state index is -0.568. The standard InChI is InChI=1S/C14H18O3/c1-4-10(2)12-5-7-13(8-6-12)17-14(16)9-11(3)15/h5-10,15H,4H2,1-3H3/b11-9-. The first-order chi connectivity index (χ1) is 8.02. The zero-order valence-corrected chi connectivity index (χ0v) is 10.4. The Morgan fingerprint density at radius 2 is 2.00 bits per heavy atom. The molecule has 0 radical (unpaired) electrons. The molecule has 3 nitrogen and oxygen atoms in total. The van der Waals surface area contributed by atoms with Crippen LogP contribution in [0.2, 0.25) is 0 Å². The lowest BCUT2D eigenvalue weighted by molar-refractivity contribution is -0.129. The fraction of sp³-hybridized carbons (Fsp3) is 0.357. The molecule has 0 aromatic heterocycles. The summed E-state index contributed by atoms with van der Waals surface area (Å²) < 4.78 is 5.02. The molecule has 3 heteroatoms. The van der Waals surface area contributed by atoms with Gasteiger partial charge in [0.1, 0.15) is 5.75 Å². The smallest absolute Gasteiger partial charge is 0.339 e. The highest BCUT2D eigenvalue weighted by atomic mass is 16.5. The minimum Gasteiger partial charge on any atom is -0.512 e. The zero-order valence-electron chi connectivity index (χ0n) is 10.4. The van der Waals surface area contributed by atoms with E-state index in [0.29, 0.717) is 11.7 Å². The van der Waals surface area contributed by atoms with E-state index in [9.17, 15) is 4.79 Å². The molecule has 0 heterocycles. The van der Waals surface area contributed by atoms with Crippen LogP contribution in [0.15, 0.2) is 36.1 Å². The van der Waals surface area contributed by atoms with Gasteiger partial charge in [-0.3, -0.25) is 0 Å². The largest absolute Gasteiger partial charge is 0.512 e. The molecule has 1 aromatic rings. The first-order valence-electron chi connectivity index (χ1n) is 5.72. The molecular weight excluding hydrogens is 216 g/mol. The number of ether oxygens (including phenoxy) is 1. The number of allylic oxidation sites excluding steroid dienone is 1. The molecule has 0 saturated carbocycles. The third-order valence-corrected chi connectivity index (χ3v) is 2.61. The normalized spacial score (nSPS) is 13.2. The molecule has 1 rings (SSSR count). The van der Waals surface area contributed by atoms with Gasteiger partial charge in [0, 0.05) is 0 Å². The predicted molar refractivity (Wildman–Crippen MR) is 67.2 cm³/mol. The van der Waals surface area contributed by atoms with E-state index in [-0.39, 0.29) is 5.76 Å². The highest BCUT2D eigenvalue weighted by molar-refractivity contribution is 5.84. The first-order valence-corrected chi connectivity index (χ1v) is 5.72. The van der Waals surface area contributed by atoms with E-state index in [0.717, 1.165) is 12.5 Å². The maximum atomic E-state index is 11.2. The SMILES string of the molecule is CCC(C)c1ccc(OC(=O)/C=C(/C)O)cc1. The zero-order chi connectivity index (χ0) is 12.8. The second-order valence-corrected chi connectivity index (χ2v) is 4.09. The summed E-state index contributed by atoms with van der Waals surface area (Å²) >= 11 is 0. The highest BCUT2D eigenvalue weighted by Crippen LogP contribution is 2.21. The van der Waals surface area contributed by atoms with Crippen LogP contribution in [0.1, 0.15) is 38.7 Å². The highest BCUT2D eigenvalue weighted by Gasteiger charge is 2.05. The van der Waals surface area contributed by atoms with Crippen LogP contribution >= 0.6 is 0 Å². The van der Waals surface area contributed by atoms with Gasteiger partial charge in [-0.1, -0.05) is 26.0 Å². The summed E-state index contributed by atoms with van der Waals surface area (Å²) in [6, 6.07) is 7.43. The topological polar surface area (TPSA) is 46.5 Å². The van der Waals surface area contributed by atoms with Gasteiger partial charge >= 0.3 is 5.97 Å². The third kappa shape index (κ3) is 4.31. The lowest BCUT2D eigenvalue weighted by Crippen LogP contribution is -2.04. The van der Waals surface area contributed by atoms with Crippen LogP contribution in [0.5, 0.6) is 5.75 Å². The van der Waals surface area contributed by atoms with Crippen LogP contribution in [-0.2, 0) is 4.79 Å². The van der Waals surface area contributed by atoms with E-state index in [2.05, 4.69) is 13.8 Å². The van der Waals surface area contributed by atoms with E-state index in [1.54, 1.807) is 12.1 Å². The molecule has 0 aliphatic heterocycles. The Balaban J connectivity index is 2.69. The summed E-state index contributed by atoms with van der Waals surface area (Å²) in [7, 11) is 0. The number of esters is 1. The number of hydrogen-bond donors (Lipinski definition) is 1. The molecule has 0 aliphatic carbocycles. The van der Waals surface area contributed by atoms with Crippen molar-refractivity contribution in [2.45, 2.75) is 33.1 Å². The fourth-order valence-corrected chi connectivity index (χ4v) is 1.42. The molecule has 0 fully saturated rings. The van der Waals surface area contributed by atoms with Crippen molar-refractivity contribution in [1.82, 2.24) is 0 Å². The van der Waals surface area contributed by atoms with Crippen LogP contribution in [0.4, 0.5) is 0 Å². The first kappa shape index (κ1) is 13.3. The van der Waals surface area contributed by atoms with Gasteiger partial charge in [-0.15, -0.1) is 0 Å². The number of hydrogen-bond acceptors (Lipinski definition) is 3. The van der Waals surface area contributed by atoms with Gasteiger partial charge in [0.2, 0.25) is 0 Å². The molecule has 17 heavy (non-hydrogen) atoms. The van der Waals surface area contributed by atoms with Crippen molar-refractivity contribution < 1.29 is 14.6 Å². The number of benzene rings is 1. The van der Waals surface area contributed by atoms with E-state index in [1.165, 1.54) is 12.5 Å². The Morgan fingerprint density at radius 3 is 2.47 bits per heavy atom. The van der Waals surface area contributed by atoms with Crippen molar-refractivity contribution in [3.8, 4) is 5.75 Å². The van der Waals surface area contributed by atoms with E-state index in [1.807, 2.05) is 12.1 Å². The summed E-state index contributed by atoms with van der Waals surface area (Å²) in [6.45, 7) is 5.71. The minimum absolute atomic E-state index is 0.0637. The average Bonchev–Trinajstić information content (AvgIpc) is 2.28. The van der Waals surface area contributed by atoms with Crippen molar-refractivity contribution >= 4 is 5.97 Å². The lowest BCUT2D eigenvalue weighted by atomic mass is 9.99. The quantitative estimate of drug-likeness (QED) is 0.375. The molecule has 92 valence electrons. The van der Waals surface area contributed by atoms with Crippen molar-refractivity contribution in [3.05, 3.63) is 41.7 Å². The molecule has 1 atom stereocenters. The molecule has 1 unspecified atom stereocenters. The molecule has 0 saturated heterocycles. The van der Waals surface area contributed by atoms with Crippen LogP contribution < -0.4 is 4.74 Å². The Kier molecular flexibility index (Phi) is 4.76. The van der Waals surface area contributed by atoms with Crippen LogP contribution in [0.3, 0.4) is 0 Å². The maximum absolute atomic E-state index is 11.2. The number of carbonyl (C=O) groups is 1. The lowest BCUT2D eigenvalue weighted by Gasteiger charge is -2.09. The maximum Gasteiger partial charge on any atom is 0.339 e. The summed E-state index contributed by atoms with van der Waals surface area (Å²) in [5, 5.41) is 8.91. The van der Waals surface area contributed by atoms with E-state index >= 15 is 0 Å². The molecule has 0 amide bonds. The Labute approximate surface area is 102 Å². The van der Waals surface area contributed by atoms with Crippen molar-refractivity contribution in [3.63, 3.8) is 0 Å². The molecule has 0 spiro atoms. The van der Waals surface area contributed by atoms with Gasteiger partial charge in [-0.25, -0.2) is 4.79 Å². The fourth-order valence-electron chi connectivity index (χ4n) is 1.42. The van der Waals surface area contributed by atoms with Gasteiger partial charge in [0.05, 0.1) is 11.8 Å². The summed E-state index contributed by atoms with van der Waals surface area (Å²) in [5.41, 5.74) is 1.22. The van der Waals surface area contributed by atoms with Crippen LogP contribution in [-0.4, -0.2) is 11.1 Å². The summed E-state index contributed by atoms with van der Waals surface area (Å²) in [4.78, 5) is 11.2. The second kappa shape index (κ2) is 6.09. The van der Waals surface area contributed by atoms with Crippen molar-refractivity contribution in [2.75, 3.05) is 0 Å². The van der Waals surface area contributed by atoms with Crippen LogP contribution in [0.25, 0.3) is 0 Å². The van der Waals surface area contributed by atoms with E-state index in [4.69, 9.17) is 9.84 Å². The Hall–Kier alpha value is -1.77. The number of aliphatic hydroxyl groups is 1. The number of aliphatic hydroxyl groups excluding tert-OH is 1. The predicted octanol–water partition coefficient (Wildman–Crippen LogP) is 3.57. The number of rotatable bonds is 4. The van der Waals surface area contributed by atoms with Gasteiger partial charge in [-0.05, 0) is 37.0 Å². The van der Waals surface area contributed by atoms with Gasteiger partial charge in [0.15, 0.2) is 0 Å². The average molecular weight is 234 g/mol. The molecule has 0 bridgehead atoms. The van der Waals surface area contributed by atoms with Gasteiger partial charge < -0.3 is 9.84 Å². The second-order valence-electron chi connectivity index (χ2n) is 4.09. The summed E-state index contributed by atoms with van der Waals surface area (Å²) in [6.07, 6.45) is 2.12. The third-order valence-electron chi connectivity index (χ3n) is 2.61. The molecular formula is C14H18O3. The van der Waals surface area contributed by atoms with Crippen molar-refractivity contribution in [2.24, 2.45) is 0 Å². The molecule has 1 aromatic carbocycles. The summed E-state index contributed by atoms with van der Waals surface area (Å²) in [5.74, 6) is 0.353. The van der Waals surface area contributed by atoms with Gasteiger partial charge in [0.25, 0.3) is 0 Å².